The van der Waals surface area contributed by atoms with Crippen LogP contribution in [0.15, 0.2) is 78.0 Å². The minimum absolute atomic E-state index is 0.213. The van der Waals surface area contributed by atoms with Gasteiger partial charge in [0.05, 0.1) is 5.71 Å². The second-order valence-electron chi connectivity index (χ2n) is 8.78. The molecule has 1 aliphatic carbocycles. The SMILES string of the molecule is Cc1cc(C)c2c(c1)/C(=N/NC(=O)c1ccc(COc3cccc4cccnc34)cc1)CCC2. The van der Waals surface area contributed by atoms with Gasteiger partial charge in [-0.3, -0.25) is 9.78 Å². The van der Waals surface area contributed by atoms with Gasteiger partial charge in [-0.15, -0.1) is 0 Å². The molecule has 5 heteroatoms. The number of nitrogens with one attached hydrogen (secondary N) is 1. The Labute approximate surface area is 199 Å². The zero-order chi connectivity index (χ0) is 23.5. The Morgan fingerprint density at radius 1 is 1.03 bits per heavy atom. The molecule has 170 valence electrons. The molecule has 0 bridgehead atoms. The number of hydrazone groups is 1. The minimum Gasteiger partial charge on any atom is -0.487 e. The van der Waals surface area contributed by atoms with Gasteiger partial charge < -0.3 is 4.74 Å². The molecule has 0 radical (unpaired) electrons. The van der Waals surface area contributed by atoms with E-state index in [1.54, 1.807) is 18.3 Å². The summed E-state index contributed by atoms with van der Waals surface area (Å²) >= 11 is 0. The Morgan fingerprint density at radius 3 is 2.71 bits per heavy atom. The van der Waals surface area contributed by atoms with E-state index in [1.807, 2.05) is 42.5 Å². The van der Waals surface area contributed by atoms with Gasteiger partial charge in [0.1, 0.15) is 17.9 Å². The average molecular weight is 450 g/mol. The Bertz CT molecular complexity index is 1390. The number of hydrogen-bond donors (Lipinski definition) is 1. The lowest BCUT2D eigenvalue weighted by Crippen LogP contribution is -2.22. The zero-order valence-electron chi connectivity index (χ0n) is 19.5. The Hall–Kier alpha value is -3.99. The first kappa shape index (κ1) is 21.8. The van der Waals surface area contributed by atoms with Crippen LogP contribution in [0.4, 0.5) is 0 Å². The van der Waals surface area contributed by atoms with Crippen LogP contribution in [0.1, 0.15) is 51.0 Å². The van der Waals surface area contributed by atoms with Crippen molar-refractivity contribution in [2.24, 2.45) is 5.10 Å². The molecule has 0 unspecified atom stereocenters. The highest BCUT2D eigenvalue weighted by Gasteiger charge is 2.18. The molecule has 1 amide bonds. The first-order chi connectivity index (χ1) is 16.6. The van der Waals surface area contributed by atoms with Gasteiger partial charge in [-0.1, -0.05) is 42.0 Å². The Morgan fingerprint density at radius 2 is 1.85 bits per heavy atom. The lowest BCUT2D eigenvalue weighted by Gasteiger charge is -2.20. The first-order valence-corrected chi connectivity index (χ1v) is 11.6. The molecule has 5 nitrogen and oxygen atoms in total. The molecule has 1 N–H and O–H groups in total. The van der Waals surface area contributed by atoms with Crippen LogP contribution in [0.5, 0.6) is 5.75 Å². The number of rotatable bonds is 5. The maximum Gasteiger partial charge on any atom is 0.271 e. The number of para-hydroxylation sites is 1. The van der Waals surface area contributed by atoms with Crippen molar-refractivity contribution in [3.05, 3.63) is 106 Å². The van der Waals surface area contributed by atoms with E-state index in [2.05, 4.69) is 41.5 Å². The van der Waals surface area contributed by atoms with Gasteiger partial charge in [0.25, 0.3) is 5.91 Å². The number of aryl methyl sites for hydroxylation is 2. The lowest BCUT2D eigenvalue weighted by atomic mass is 9.86. The van der Waals surface area contributed by atoms with Gasteiger partial charge in [-0.05, 0) is 80.1 Å². The smallest absolute Gasteiger partial charge is 0.271 e. The van der Waals surface area contributed by atoms with Crippen molar-refractivity contribution in [3.8, 4) is 5.75 Å². The monoisotopic (exact) mass is 449 g/mol. The molecule has 1 heterocycles. The maximum absolute atomic E-state index is 12.7. The summed E-state index contributed by atoms with van der Waals surface area (Å²) in [7, 11) is 0. The molecule has 1 aromatic heterocycles. The largest absolute Gasteiger partial charge is 0.487 e. The van der Waals surface area contributed by atoms with E-state index in [-0.39, 0.29) is 5.91 Å². The molecule has 0 saturated heterocycles. The molecule has 0 aliphatic heterocycles. The third-order valence-electron chi connectivity index (χ3n) is 6.27. The summed E-state index contributed by atoms with van der Waals surface area (Å²) < 4.78 is 6.00. The molecular formula is C29H27N3O2. The van der Waals surface area contributed by atoms with Crippen LogP contribution in [0.2, 0.25) is 0 Å². The fourth-order valence-corrected chi connectivity index (χ4v) is 4.56. The fraction of sp³-hybridized carbons (Fsp3) is 0.207. The number of amides is 1. The fourth-order valence-electron chi connectivity index (χ4n) is 4.56. The molecule has 0 atom stereocenters. The van der Waals surface area contributed by atoms with Gasteiger partial charge in [0.2, 0.25) is 0 Å². The predicted octanol–water partition coefficient (Wildman–Crippen LogP) is 5.90. The van der Waals surface area contributed by atoms with Crippen molar-refractivity contribution in [3.63, 3.8) is 0 Å². The van der Waals surface area contributed by atoms with Crippen molar-refractivity contribution in [2.75, 3.05) is 0 Å². The van der Waals surface area contributed by atoms with Crippen molar-refractivity contribution < 1.29 is 9.53 Å². The number of carbonyl (C=O) groups is 1. The highest BCUT2D eigenvalue weighted by molar-refractivity contribution is 6.04. The summed E-state index contributed by atoms with van der Waals surface area (Å²) in [6, 6.07) is 21.6. The quantitative estimate of drug-likeness (QED) is 0.386. The number of carbonyl (C=O) groups excluding carboxylic acids is 1. The van der Waals surface area contributed by atoms with Crippen LogP contribution in [0.25, 0.3) is 10.9 Å². The number of ether oxygens (including phenoxy) is 1. The summed E-state index contributed by atoms with van der Waals surface area (Å²) in [5.74, 6) is 0.531. The average Bonchev–Trinajstić information content (AvgIpc) is 2.86. The number of aromatic nitrogens is 1. The first-order valence-electron chi connectivity index (χ1n) is 11.6. The van der Waals surface area contributed by atoms with Crippen LogP contribution in [-0.2, 0) is 13.0 Å². The van der Waals surface area contributed by atoms with E-state index in [9.17, 15) is 4.79 Å². The zero-order valence-corrected chi connectivity index (χ0v) is 19.5. The van der Waals surface area contributed by atoms with Crippen LogP contribution >= 0.6 is 0 Å². The van der Waals surface area contributed by atoms with Gasteiger partial charge in [0.15, 0.2) is 0 Å². The minimum atomic E-state index is -0.213. The summed E-state index contributed by atoms with van der Waals surface area (Å²) in [5.41, 5.74) is 11.1. The van der Waals surface area contributed by atoms with Crippen molar-refractivity contribution >= 4 is 22.5 Å². The molecule has 1 aliphatic rings. The van der Waals surface area contributed by atoms with Crippen LogP contribution in [0.3, 0.4) is 0 Å². The van der Waals surface area contributed by atoms with Gasteiger partial charge in [-0.2, -0.15) is 5.10 Å². The van der Waals surface area contributed by atoms with Gasteiger partial charge >= 0.3 is 0 Å². The van der Waals surface area contributed by atoms with Crippen molar-refractivity contribution in [2.45, 2.75) is 39.7 Å². The van der Waals surface area contributed by atoms with E-state index in [1.165, 1.54) is 22.3 Å². The topological polar surface area (TPSA) is 63.6 Å². The molecule has 0 spiro atoms. The molecule has 5 rings (SSSR count). The third kappa shape index (κ3) is 4.55. The summed E-state index contributed by atoms with van der Waals surface area (Å²) in [6.45, 7) is 4.64. The van der Waals surface area contributed by atoms with Crippen LogP contribution in [-0.4, -0.2) is 16.6 Å². The predicted molar refractivity (Wildman–Crippen MR) is 135 cm³/mol. The van der Waals surface area contributed by atoms with E-state index in [0.29, 0.717) is 12.2 Å². The van der Waals surface area contributed by atoms with E-state index >= 15 is 0 Å². The van der Waals surface area contributed by atoms with E-state index in [4.69, 9.17) is 4.74 Å². The Kier molecular flexibility index (Phi) is 6.09. The number of benzene rings is 3. The second-order valence-corrected chi connectivity index (χ2v) is 8.78. The maximum atomic E-state index is 12.7. The van der Waals surface area contributed by atoms with Crippen LogP contribution < -0.4 is 10.2 Å². The number of hydrogen-bond acceptors (Lipinski definition) is 4. The third-order valence-corrected chi connectivity index (χ3v) is 6.27. The summed E-state index contributed by atoms with van der Waals surface area (Å²) in [5, 5.41) is 5.54. The van der Waals surface area contributed by atoms with Crippen LogP contribution in [0, 0.1) is 13.8 Å². The number of fused-ring (bicyclic) bond motifs is 2. The van der Waals surface area contributed by atoms with Crippen molar-refractivity contribution in [1.29, 1.82) is 0 Å². The summed E-state index contributed by atoms with van der Waals surface area (Å²) in [4.78, 5) is 17.1. The molecule has 3 aromatic carbocycles. The molecule has 34 heavy (non-hydrogen) atoms. The van der Waals surface area contributed by atoms with E-state index in [0.717, 1.165) is 47.2 Å². The molecule has 4 aromatic rings. The highest BCUT2D eigenvalue weighted by Crippen LogP contribution is 2.26. The molecule has 0 saturated carbocycles. The summed E-state index contributed by atoms with van der Waals surface area (Å²) in [6.07, 6.45) is 4.75. The lowest BCUT2D eigenvalue weighted by molar-refractivity contribution is 0.0954. The standard InChI is InChI=1S/C29H27N3O2/c1-19-16-20(2)24-8-4-9-26(25(24)17-19)31-32-29(33)23-13-11-21(12-14-23)18-34-27-10-3-6-22-7-5-15-30-28(22)27/h3,5-7,10-17H,4,8-9,18H2,1-2H3,(H,32,33)/b31-26+. The van der Waals surface area contributed by atoms with Crippen molar-refractivity contribution in [1.82, 2.24) is 10.4 Å². The van der Waals surface area contributed by atoms with Gasteiger partial charge in [0, 0.05) is 22.7 Å². The molecular weight excluding hydrogens is 422 g/mol. The number of nitrogens with zero attached hydrogens (tertiary/aromatic N) is 2. The number of pyridine rings is 1. The normalized spacial score (nSPS) is 14.1. The Balaban J connectivity index is 1.25. The molecule has 0 fully saturated rings. The second kappa shape index (κ2) is 9.48. The van der Waals surface area contributed by atoms with Gasteiger partial charge in [-0.25, -0.2) is 5.43 Å². The van der Waals surface area contributed by atoms with E-state index < -0.39 is 0 Å². The highest BCUT2D eigenvalue weighted by atomic mass is 16.5.